The summed E-state index contributed by atoms with van der Waals surface area (Å²) in [5.41, 5.74) is 5.38. The van der Waals surface area contributed by atoms with Gasteiger partial charge in [0.2, 0.25) is 0 Å². The minimum absolute atomic E-state index is 0.358. The van der Waals surface area contributed by atoms with Crippen LogP contribution < -0.4 is 10.2 Å². The molecule has 0 saturated carbocycles. The summed E-state index contributed by atoms with van der Waals surface area (Å²) in [4.78, 5) is 2.39. The van der Waals surface area contributed by atoms with Crippen LogP contribution in [0.1, 0.15) is 43.4 Å². The third kappa shape index (κ3) is 2.89. The number of nitrogens with zero attached hydrogens (tertiary/aromatic N) is 1. The Labute approximate surface area is 159 Å². The highest BCUT2D eigenvalue weighted by Gasteiger charge is 2.38. The van der Waals surface area contributed by atoms with Crippen LogP contribution in [0.25, 0.3) is 0 Å². The molecule has 0 saturated heterocycles. The molecule has 0 fully saturated rings. The Hall–Kier alpha value is -1.74. The maximum Gasteiger partial charge on any atom is 0.0554 e. The first kappa shape index (κ1) is 16.7. The molecule has 2 aromatic rings. The molecule has 3 unspecified atom stereocenters. The molecule has 25 heavy (non-hydrogen) atoms. The lowest BCUT2D eigenvalue weighted by Gasteiger charge is -2.38. The van der Waals surface area contributed by atoms with Gasteiger partial charge in [-0.15, -0.1) is 0 Å². The number of halogens is 1. The summed E-state index contributed by atoms with van der Waals surface area (Å²) >= 11 is 3.74. The first-order valence-electron chi connectivity index (χ1n) is 9.29. The van der Waals surface area contributed by atoms with Crippen LogP contribution in [-0.2, 0) is 0 Å². The third-order valence-corrected chi connectivity index (χ3v) is 6.39. The van der Waals surface area contributed by atoms with E-state index >= 15 is 0 Å². The first-order chi connectivity index (χ1) is 12.2. The van der Waals surface area contributed by atoms with Gasteiger partial charge < -0.3 is 10.2 Å². The molecule has 1 N–H and O–H groups in total. The van der Waals surface area contributed by atoms with Crippen LogP contribution in [0.4, 0.5) is 11.4 Å². The largest absolute Gasteiger partial charge is 0.377 e. The van der Waals surface area contributed by atoms with Gasteiger partial charge in [0.15, 0.2) is 0 Å². The molecule has 0 spiro atoms. The number of benzene rings is 2. The zero-order chi connectivity index (χ0) is 17.4. The predicted octanol–water partition coefficient (Wildman–Crippen LogP) is 6.12. The number of nitrogens with one attached hydrogen (secondary N) is 1. The molecule has 2 aliphatic rings. The normalized spacial score (nSPS) is 23.7. The van der Waals surface area contributed by atoms with Crippen LogP contribution in [-0.4, -0.2) is 13.1 Å². The number of anilines is 2. The summed E-state index contributed by atoms with van der Waals surface area (Å²) in [7, 11) is 0. The van der Waals surface area contributed by atoms with E-state index in [1.165, 1.54) is 22.5 Å². The lowest BCUT2D eigenvalue weighted by atomic mass is 9.77. The molecule has 3 atom stereocenters. The average Bonchev–Trinajstić information content (AvgIpc) is 3.13. The minimum atomic E-state index is 0.358. The van der Waals surface area contributed by atoms with Crippen molar-refractivity contribution in [3.8, 4) is 0 Å². The molecular formula is C22H25BrN2. The summed E-state index contributed by atoms with van der Waals surface area (Å²) < 4.78 is 1.16. The molecule has 2 aromatic carbocycles. The SMILES string of the molecule is CCN(CC)c1ccc(C2Nc3c(Br)cccc3C3C=CCC32)cc1. The Morgan fingerprint density at radius 3 is 2.56 bits per heavy atom. The van der Waals surface area contributed by atoms with Gasteiger partial charge in [0.25, 0.3) is 0 Å². The van der Waals surface area contributed by atoms with Crippen LogP contribution in [0.15, 0.2) is 59.1 Å². The fraction of sp³-hybridized carbons (Fsp3) is 0.364. The van der Waals surface area contributed by atoms with Gasteiger partial charge in [0, 0.05) is 29.2 Å². The van der Waals surface area contributed by atoms with Crippen molar-refractivity contribution in [2.45, 2.75) is 32.2 Å². The van der Waals surface area contributed by atoms with E-state index in [1.54, 1.807) is 0 Å². The van der Waals surface area contributed by atoms with Crippen LogP contribution in [0.5, 0.6) is 0 Å². The quantitative estimate of drug-likeness (QED) is 0.625. The van der Waals surface area contributed by atoms with Gasteiger partial charge >= 0.3 is 0 Å². The molecule has 3 heteroatoms. The maximum absolute atomic E-state index is 3.83. The van der Waals surface area contributed by atoms with Crippen LogP contribution in [0.3, 0.4) is 0 Å². The summed E-state index contributed by atoms with van der Waals surface area (Å²) in [5.74, 6) is 1.11. The average molecular weight is 397 g/mol. The van der Waals surface area contributed by atoms with Crippen LogP contribution in [0.2, 0.25) is 0 Å². The Morgan fingerprint density at radius 1 is 1.08 bits per heavy atom. The smallest absolute Gasteiger partial charge is 0.0554 e. The zero-order valence-corrected chi connectivity index (χ0v) is 16.5. The monoisotopic (exact) mass is 396 g/mol. The summed E-state index contributed by atoms with van der Waals surface area (Å²) in [6.07, 6.45) is 5.89. The molecule has 4 rings (SSSR count). The van der Waals surface area contributed by atoms with Gasteiger partial charge in [0.1, 0.15) is 0 Å². The van der Waals surface area contributed by atoms with E-state index in [9.17, 15) is 0 Å². The van der Waals surface area contributed by atoms with Gasteiger partial charge in [0.05, 0.1) is 11.7 Å². The second-order valence-electron chi connectivity index (χ2n) is 6.94. The number of hydrogen-bond donors (Lipinski definition) is 1. The van der Waals surface area contributed by atoms with Gasteiger partial charge in [-0.1, -0.05) is 36.4 Å². The van der Waals surface area contributed by atoms with E-state index in [0.717, 1.165) is 24.0 Å². The Balaban J connectivity index is 1.68. The molecule has 0 amide bonds. The number of hydrogen-bond acceptors (Lipinski definition) is 2. The van der Waals surface area contributed by atoms with Gasteiger partial charge in [-0.2, -0.15) is 0 Å². The molecule has 0 radical (unpaired) electrons. The molecular weight excluding hydrogens is 372 g/mol. The molecule has 1 aliphatic heterocycles. The summed E-state index contributed by atoms with van der Waals surface area (Å²) in [6.45, 7) is 6.52. The highest BCUT2D eigenvalue weighted by Crippen LogP contribution is 2.51. The molecule has 1 heterocycles. The van der Waals surface area contributed by atoms with Crippen molar-refractivity contribution in [1.82, 2.24) is 0 Å². The van der Waals surface area contributed by atoms with Gasteiger partial charge in [-0.05, 0) is 71.4 Å². The molecule has 0 bridgehead atoms. The second-order valence-corrected chi connectivity index (χ2v) is 7.80. The minimum Gasteiger partial charge on any atom is -0.377 e. The van der Waals surface area contributed by atoms with Crippen LogP contribution in [0, 0.1) is 5.92 Å². The number of fused-ring (bicyclic) bond motifs is 3. The second kappa shape index (κ2) is 6.87. The highest BCUT2D eigenvalue weighted by atomic mass is 79.9. The van der Waals surface area contributed by atoms with E-state index in [-0.39, 0.29) is 0 Å². The fourth-order valence-electron chi connectivity index (χ4n) is 4.39. The molecule has 130 valence electrons. The van der Waals surface area contributed by atoms with Crippen molar-refractivity contribution in [1.29, 1.82) is 0 Å². The molecule has 2 nitrogen and oxygen atoms in total. The fourth-order valence-corrected chi connectivity index (χ4v) is 4.89. The standard InChI is InChI=1S/C22H25BrN2/c1-3-25(4-2)16-13-11-15(12-14-16)21-18-8-5-7-17(18)19-9-6-10-20(23)22(19)24-21/h5-7,9-14,17-18,21,24H,3-4,8H2,1-2H3. The summed E-state index contributed by atoms with van der Waals surface area (Å²) in [6, 6.07) is 16.1. The lowest BCUT2D eigenvalue weighted by molar-refractivity contribution is 0.425. The van der Waals surface area contributed by atoms with Gasteiger partial charge in [-0.25, -0.2) is 0 Å². The van der Waals surface area contributed by atoms with Crippen molar-refractivity contribution >= 4 is 27.3 Å². The van der Waals surface area contributed by atoms with E-state index in [1.807, 2.05) is 0 Å². The highest BCUT2D eigenvalue weighted by molar-refractivity contribution is 9.10. The number of rotatable bonds is 4. The van der Waals surface area contributed by atoms with Crippen molar-refractivity contribution in [2.24, 2.45) is 5.92 Å². The third-order valence-electron chi connectivity index (χ3n) is 5.73. The predicted molar refractivity (Wildman–Crippen MR) is 110 cm³/mol. The number of para-hydroxylation sites is 1. The van der Waals surface area contributed by atoms with Crippen molar-refractivity contribution in [3.05, 3.63) is 70.2 Å². The Morgan fingerprint density at radius 2 is 1.84 bits per heavy atom. The van der Waals surface area contributed by atoms with E-state index in [4.69, 9.17) is 0 Å². The topological polar surface area (TPSA) is 15.3 Å². The van der Waals surface area contributed by atoms with E-state index < -0.39 is 0 Å². The van der Waals surface area contributed by atoms with Gasteiger partial charge in [-0.3, -0.25) is 0 Å². The van der Waals surface area contributed by atoms with Crippen LogP contribution >= 0.6 is 15.9 Å². The first-order valence-corrected chi connectivity index (χ1v) is 10.1. The number of allylic oxidation sites excluding steroid dienone is 2. The van der Waals surface area contributed by atoms with E-state index in [2.05, 4.69) is 94.6 Å². The molecule has 1 aliphatic carbocycles. The van der Waals surface area contributed by atoms with Crippen molar-refractivity contribution in [2.75, 3.05) is 23.3 Å². The van der Waals surface area contributed by atoms with E-state index in [0.29, 0.717) is 17.9 Å². The zero-order valence-electron chi connectivity index (χ0n) is 14.9. The summed E-state index contributed by atoms with van der Waals surface area (Å²) in [5, 5.41) is 3.83. The Bertz CT molecular complexity index is 777. The van der Waals surface area contributed by atoms with Crippen molar-refractivity contribution in [3.63, 3.8) is 0 Å². The maximum atomic E-state index is 3.83. The molecule has 0 aromatic heterocycles. The van der Waals surface area contributed by atoms with Crippen molar-refractivity contribution < 1.29 is 0 Å². The Kier molecular flexibility index (Phi) is 4.60. The lowest BCUT2D eigenvalue weighted by Crippen LogP contribution is -2.29.